The van der Waals surface area contributed by atoms with Gasteiger partial charge in [-0.25, -0.2) is 4.98 Å². The van der Waals surface area contributed by atoms with Gasteiger partial charge in [0.15, 0.2) is 0 Å². The first-order valence-electron chi connectivity index (χ1n) is 4.29. The summed E-state index contributed by atoms with van der Waals surface area (Å²) in [6.07, 6.45) is 1.75. The van der Waals surface area contributed by atoms with E-state index in [0.717, 1.165) is 16.0 Å². The maximum atomic E-state index is 4.13. The average Bonchev–Trinajstić information content (AvgIpc) is 2.23. The number of para-hydroxylation sites is 1. The van der Waals surface area contributed by atoms with E-state index in [1.165, 1.54) is 0 Å². The summed E-state index contributed by atoms with van der Waals surface area (Å²) in [5, 5.41) is 3.26. The number of benzene rings is 1. The predicted octanol–water partition coefficient (Wildman–Crippen LogP) is 3.59. The smallest absolute Gasteiger partial charge is 0.129 e. The molecule has 0 unspecified atom stereocenters. The summed E-state index contributed by atoms with van der Waals surface area (Å²) in [7, 11) is 0. The number of halogens is 1. The maximum absolute atomic E-state index is 4.13. The molecule has 0 amide bonds. The van der Waals surface area contributed by atoms with E-state index in [1.54, 1.807) is 6.20 Å². The average molecular weight is 249 g/mol. The quantitative estimate of drug-likeness (QED) is 0.822. The lowest BCUT2D eigenvalue weighted by Crippen LogP contribution is -1.91. The zero-order valence-corrected chi connectivity index (χ0v) is 9.03. The molecular weight excluding hydrogens is 240 g/mol. The third-order valence-corrected chi connectivity index (χ3v) is 2.44. The highest BCUT2D eigenvalue weighted by Crippen LogP contribution is 2.22. The molecule has 3 heteroatoms. The zero-order chi connectivity index (χ0) is 9.80. The third-order valence-electron chi connectivity index (χ3n) is 1.81. The Bertz CT molecular complexity index is 415. The van der Waals surface area contributed by atoms with Crippen LogP contribution in [0.3, 0.4) is 0 Å². The van der Waals surface area contributed by atoms with Gasteiger partial charge in [-0.1, -0.05) is 18.2 Å². The van der Waals surface area contributed by atoms with Crippen LogP contribution in [0.15, 0.2) is 53.3 Å². The van der Waals surface area contributed by atoms with E-state index in [2.05, 4.69) is 26.2 Å². The Morgan fingerprint density at radius 1 is 1.00 bits per heavy atom. The Kier molecular flexibility index (Phi) is 2.79. The largest absolute Gasteiger partial charge is 0.353 e. The van der Waals surface area contributed by atoms with Crippen LogP contribution in [-0.4, -0.2) is 4.98 Å². The number of anilines is 2. The number of hydrogen-bond acceptors (Lipinski definition) is 2. The molecule has 70 valence electrons. The molecule has 1 aromatic heterocycles. The van der Waals surface area contributed by atoms with Gasteiger partial charge in [-0.2, -0.15) is 0 Å². The van der Waals surface area contributed by atoms with Crippen molar-refractivity contribution < 1.29 is 0 Å². The number of nitrogens with one attached hydrogen (secondary N) is 1. The normalized spacial score (nSPS) is 9.79. The molecule has 0 aliphatic rings. The van der Waals surface area contributed by atoms with E-state index in [4.69, 9.17) is 0 Å². The molecule has 2 nitrogen and oxygen atoms in total. The van der Waals surface area contributed by atoms with E-state index in [0.29, 0.717) is 0 Å². The van der Waals surface area contributed by atoms with E-state index >= 15 is 0 Å². The van der Waals surface area contributed by atoms with Crippen molar-refractivity contribution in [3.63, 3.8) is 0 Å². The molecule has 0 aliphatic heterocycles. The number of hydrogen-bond donors (Lipinski definition) is 1. The minimum Gasteiger partial charge on any atom is -0.353 e. The summed E-state index contributed by atoms with van der Waals surface area (Å²) in [5.41, 5.74) is 2.03. The molecular formula is C11H9BrN2. The summed E-state index contributed by atoms with van der Waals surface area (Å²) in [6.45, 7) is 0. The Morgan fingerprint density at radius 2 is 1.79 bits per heavy atom. The van der Waals surface area contributed by atoms with Gasteiger partial charge in [-0.05, 0) is 40.2 Å². The molecule has 1 aromatic carbocycles. The molecule has 0 spiro atoms. The van der Waals surface area contributed by atoms with E-state index < -0.39 is 0 Å². The summed E-state index contributed by atoms with van der Waals surface area (Å²) in [4.78, 5) is 4.13. The molecule has 0 atom stereocenters. The highest BCUT2D eigenvalue weighted by Gasteiger charge is 1.98. The standard InChI is InChI=1S/C11H9BrN2/c12-11-10(7-4-8-13-11)14-9-5-2-1-3-6-9/h1-8,14H. The van der Waals surface area contributed by atoms with Crippen LogP contribution >= 0.6 is 15.9 Å². The molecule has 0 fully saturated rings. The molecule has 14 heavy (non-hydrogen) atoms. The predicted molar refractivity (Wildman–Crippen MR) is 61.7 cm³/mol. The van der Waals surface area contributed by atoms with Crippen molar-refractivity contribution in [2.24, 2.45) is 0 Å². The second-order valence-electron chi connectivity index (χ2n) is 2.83. The van der Waals surface area contributed by atoms with Gasteiger partial charge in [-0.3, -0.25) is 0 Å². The van der Waals surface area contributed by atoms with Crippen molar-refractivity contribution >= 4 is 27.3 Å². The molecule has 0 bridgehead atoms. The van der Waals surface area contributed by atoms with Gasteiger partial charge in [0, 0.05) is 11.9 Å². The SMILES string of the molecule is Brc1ncccc1Nc1ccccc1. The number of pyridine rings is 1. The van der Waals surface area contributed by atoms with Crippen LogP contribution in [0.25, 0.3) is 0 Å². The first-order chi connectivity index (χ1) is 6.86. The number of rotatable bonds is 2. The van der Waals surface area contributed by atoms with Gasteiger partial charge in [0.05, 0.1) is 5.69 Å². The van der Waals surface area contributed by atoms with Crippen molar-refractivity contribution in [3.8, 4) is 0 Å². The van der Waals surface area contributed by atoms with Gasteiger partial charge >= 0.3 is 0 Å². The van der Waals surface area contributed by atoms with Crippen LogP contribution in [0, 0.1) is 0 Å². The van der Waals surface area contributed by atoms with Gasteiger partial charge in [0.25, 0.3) is 0 Å². The Balaban J connectivity index is 2.24. The third kappa shape index (κ3) is 2.12. The lowest BCUT2D eigenvalue weighted by Gasteiger charge is -2.06. The Morgan fingerprint density at radius 3 is 2.50 bits per heavy atom. The van der Waals surface area contributed by atoms with Crippen LogP contribution in [0.1, 0.15) is 0 Å². The molecule has 2 rings (SSSR count). The second-order valence-corrected chi connectivity index (χ2v) is 3.58. The summed E-state index contributed by atoms with van der Waals surface area (Å²) in [6, 6.07) is 13.9. The highest BCUT2D eigenvalue weighted by molar-refractivity contribution is 9.10. The van der Waals surface area contributed by atoms with Crippen LogP contribution < -0.4 is 5.32 Å². The first-order valence-corrected chi connectivity index (χ1v) is 5.08. The van der Waals surface area contributed by atoms with Crippen LogP contribution in [-0.2, 0) is 0 Å². The van der Waals surface area contributed by atoms with Crippen LogP contribution in [0.5, 0.6) is 0 Å². The Labute approximate surface area is 91.1 Å². The minimum atomic E-state index is 0.823. The van der Waals surface area contributed by atoms with Crippen LogP contribution in [0.4, 0.5) is 11.4 Å². The van der Waals surface area contributed by atoms with Crippen molar-refractivity contribution in [1.82, 2.24) is 4.98 Å². The zero-order valence-electron chi connectivity index (χ0n) is 7.44. The molecule has 1 N–H and O–H groups in total. The summed E-state index contributed by atoms with van der Waals surface area (Å²) < 4.78 is 0.823. The van der Waals surface area contributed by atoms with Crippen molar-refractivity contribution in [2.45, 2.75) is 0 Å². The molecule has 0 saturated heterocycles. The minimum absolute atomic E-state index is 0.823. The fourth-order valence-corrected chi connectivity index (χ4v) is 1.51. The molecule has 1 heterocycles. The topological polar surface area (TPSA) is 24.9 Å². The monoisotopic (exact) mass is 248 g/mol. The molecule has 2 aromatic rings. The van der Waals surface area contributed by atoms with Crippen molar-refractivity contribution in [3.05, 3.63) is 53.3 Å². The fourth-order valence-electron chi connectivity index (χ4n) is 1.16. The highest BCUT2D eigenvalue weighted by atomic mass is 79.9. The van der Waals surface area contributed by atoms with Gasteiger partial charge < -0.3 is 5.32 Å². The second kappa shape index (κ2) is 4.24. The Hall–Kier alpha value is -1.35. The fraction of sp³-hybridized carbons (Fsp3) is 0. The summed E-state index contributed by atoms with van der Waals surface area (Å²) >= 11 is 3.38. The van der Waals surface area contributed by atoms with Crippen LogP contribution in [0.2, 0.25) is 0 Å². The van der Waals surface area contributed by atoms with E-state index in [-0.39, 0.29) is 0 Å². The lowest BCUT2D eigenvalue weighted by molar-refractivity contribution is 1.27. The molecule has 0 saturated carbocycles. The van der Waals surface area contributed by atoms with Crippen molar-refractivity contribution in [1.29, 1.82) is 0 Å². The number of aromatic nitrogens is 1. The maximum Gasteiger partial charge on any atom is 0.129 e. The first kappa shape index (κ1) is 9.21. The van der Waals surface area contributed by atoms with Gasteiger partial charge in [0.1, 0.15) is 4.60 Å². The van der Waals surface area contributed by atoms with Gasteiger partial charge in [-0.15, -0.1) is 0 Å². The van der Waals surface area contributed by atoms with E-state index in [1.807, 2.05) is 42.5 Å². The molecule has 0 aliphatic carbocycles. The van der Waals surface area contributed by atoms with Crippen molar-refractivity contribution in [2.75, 3.05) is 5.32 Å². The van der Waals surface area contributed by atoms with Gasteiger partial charge in [0.2, 0.25) is 0 Å². The molecule has 0 radical (unpaired) electrons. The lowest BCUT2D eigenvalue weighted by atomic mass is 10.3. The van der Waals surface area contributed by atoms with E-state index in [9.17, 15) is 0 Å². The summed E-state index contributed by atoms with van der Waals surface area (Å²) in [5.74, 6) is 0. The number of nitrogens with zero attached hydrogens (tertiary/aromatic N) is 1.